The Balaban J connectivity index is 3.17. The van der Waals surface area contributed by atoms with Crippen LogP contribution in [0.1, 0.15) is 12.8 Å². The number of oxime groups is 1. The van der Waals surface area contributed by atoms with Gasteiger partial charge in [0.15, 0.2) is 4.93 Å². The van der Waals surface area contributed by atoms with E-state index >= 15 is 0 Å². The third-order valence-electron chi connectivity index (χ3n) is 3.40. The second-order valence-electron chi connectivity index (χ2n) is 5.15. The molecular weight excluding hydrogens is 398 g/mol. The molecular formula is C12H21NO9S3. The van der Waals surface area contributed by atoms with Gasteiger partial charge in [0.25, 0.3) is 0 Å². The summed E-state index contributed by atoms with van der Waals surface area (Å²) in [4.78, 5) is -2.07. The maximum absolute atomic E-state index is 10.8. The van der Waals surface area contributed by atoms with Crippen molar-refractivity contribution < 1.29 is 42.4 Å². The highest BCUT2D eigenvalue weighted by Gasteiger charge is 2.54. The maximum atomic E-state index is 10.8. The lowest BCUT2D eigenvalue weighted by Crippen LogP contribution is -2.65. The van der Waals surface area contributed by atoms with Crippen molar-refractivity contribution in [3.8, 4) is 0 Å². The molecule has 1 aliphatic rings. The van der Waals surface area contributed by atoms with Gasteiger partial charge in [-0.1, -0.05) is 11.2 Å². The van der Waals surface area contributed by atoms with Crippen LogP contribution >= 0.6 is 24.4 Å². The highest BCUT2D eigenvalue weighted by atomic mass is 32.3. The fourth-order valence-electron chi connectivity index (χ4n) is 2.16. The molecule has 1 aliphatic heterocycles. The molecule has 5 N–H and O–H groups in total. The van der Waals surface area contributed by atoms with Gasteiger partial charge >= 0.3 is 10.4 Å². The van der Waals surface area contributed by atoms with Crippen molar-refractivity contribution in [2.75, 3.05) is 12.9 Å². The Labute approximate surface area is 154 Å². The SMILES string of the molecule is CS/C=C/CC/C(=N\OS(=O)(=O)O)[C@@]1(S)O[C@H](CO)[C@@H](O)[C@H](O)[C@H]1O. The average molecular weight is 419 g/mol. The van der Waals surface area contributed by atoms with Crippen LogP contribution in [0.4, 0.5) is 0 Å². The molecule has 1 rings (SSSR count). The molecule has 0 unspecified atom stereocenters. The predicted molar refractivity (Wildman–Crippen MR) is 93.7 cm³/mol. The van der Waals surface area contributed by atoms with Crippen molar-refractivity contribution in [1.82, 2.24) is 0 Å². The second-order valence-corrected chi connectivity index (χ2v) is 7.56. The van der Waals surface area contributed by atoms with E-state index in [0.29, 0.717) is 6.42 Å². The van der Waals surface area contributed by atoms with E-state index in [1.54, 1.807) is 11.5 Å². The largest absolute Gasteiger partial charge is 0.466 e. The fourth-order valence-corrected chi connectivity index (χ4v) is 3.11. The Morgan fingerprint density at radius 3 is 2.56 bits per heavy atom. The summed E-state index contributed by atoms with van der Waals surface area (Å²) in [6.07, 6.45) is -2.64. The summed E-state index contributed by atoms with van der Waals surface area (Å²) >= 11 is 5.55. The summed E-state index contributed by atoms with van der Waals surface area (Å²) in [5.74, 6) is 0. The van der Waals surface area contributed by atoms with Gasteiger partial charge in [0, 0.05) is 0 Å². The smallest absolute Gasteiger partial charge is 0.394 e. The van der Waals surface area contributed by atoms with Crippen molar-refractivity contribution in [3.63, 3.8) is 0 Å². The Hall–Kier alpha value is -0.380. The van der Waals surface area contributed by atoms with Gasteiger partial charge in [0.05, 0.1) is 6.61 Å². The number of thioether (sulfide) groups is 1. The molecule has 0 aromatic rings. The van der Waals surface area contributed by atoms with Gasteiger partial charge in [-0.2, -0.15) is 8.42 Å². The minimum Gasteiger partial charge on any atom is -0.394 e. The van der Waals surface area contributed by atoms with Crippen molar-refractivity contribution in [1.29, 1.82) is 0 Å². The van der Waals surface area contributed by atoms with Crippen LogP contribution in [0.25, 0.3) is 0 Å². The van der Waals surface area contributed by atoms with Crippen LogP contribution in [0, 0.1) is 0 Å². The number of hydrogen-bond donors (Lipinski definition) is 6. The van der Waals surface area contributed by atoms with Crippen molar-refractivity contribution >= 4 is 40.5 Å². The Morgan fingerprint density at radius 1 is 1.40 bits per heavy atom. The molecule has 146 valence electrons. The number of nitrogens with zero attached hydrogens (tertiary/aromatic N) is 1. The van der Waals surface area contributed by atoms with E-state index in [9.17, 15) is 28.8 Å². The molecule has 25 heavy (non-hydrogen) atoms. The van der Waals surface area contributed by atoms with E-state index in [1.165, 1.54) is 11.8 Å². The molecule has 0 saturated carbocycles. The van der Waals surface area contributed by atoms with Crippen LogP contribution in [-0.2, 0) is 19.4 Å². The van der Waals surface area contributed by atoms with Crippen LogP contribution in [0.2, 0.25) is 0 Å². The molecule has 0 aromatic heterocycles. The lowest BCUT2D eigenvalue weighted by atomic mass is 9.90. The summed E-state index contributed by atoms with van der Waals surface area (Å²) in [5.41, 5.74) is -0.267. The first-order valence-corrected chi connectivity index (χ1v) is 10.1. The number of thiol groups is 1. The molecule has 0 radical (unpaired) electrons. The van der Waals surface area contributed by atoms with E-state index in [4.69, 9.17) is 9.29 Å². The van der Waals surface area contributed by atoms with Crippen LogP contribution in [-0.4, -0.2) is 81.3 Å². The van der Waals surface area contributed by atoms with Crippen molar-refractivity contribution in [3.05, 3.63) is 11.5 Å². The van der Waals surface area contributed by atoms with Gasteiger partial charge in [-0.25, -0.2) is 4.28 Å². The summed E-state index contributed by atoms with van der Waals surface area (Å²) in [7, 11) is -4.92. The van der Waals surface area contributed by atoms with E-state index in [2.05, 4.69) is 22.1 Å². The quantitative estimate of drug-likeness (QED) is 0.123. The van der Waals surface area contributed by atoms with E-state index in [1.807, 2.05) is 6.26 Å². The zero-order chi connectivity index (χ0) is 19.3. The van der Waals surface area contributed by atoms with Crippen molar-refractivity contribution in [2.45, 2.75) is 42.2 Å². The maximum Gasteiger partial charge on any atom is 0.466 e. The molecule has 1 fully saturated rings. The van der Waals surface area contributed by atoms with Gasteiger partial charge in [-0.05, 0) is 24.5 Å². The van der Waals surface area contributed by atoms with Gasteiger partial charge in [-0.3, -0.25) is 4.55 Å². The van der Waals surface area contributed by atoms with Crippen LogP contribution in [0.3, 0.4) is 0 Å². The third-order valence-corrected chi connectivity index (χ3v) is 4.76. The van der Waals surface area contributed by atoms with Crippen LogP contribution in [0.5, 0.6) is 0 Å². The Kier molecular flexibility index (Phi) is 8.63. The first kappa shape index (κ1) is 22.7. The molecule has 1 heterocycles. The zero-order valence-corrected chi connectivity index (χ0v) is 15.7. The summed E-state index contributed by atoms with van der Waals surface area (Å²) < 4.78 is 39.5. The predicted octanol–water partition coefficient (Wildman–Crippen LogP) is -1.08. The number of aliphatic hydroxyl groups excluding tert-OH is 4. The standard InChI is InChI=1S/C12H21NO9S3/c1-24-5-3-2-4-8(13-22-25(18,19)20)12(23)11(17)10(16)9(15)7(6-14)21-12/h3,5,7,9-11,14-17,23H,2,4,6H2,1H3,(H,18,19,20)/b5-3+,13-8+/t7-,9-,10+,11-,12+/m1/s1. The highest BCUT2D eigenvalue weighted by Crippen LogP contribution is 2.36. The monoisotopic (exact) mass is 419 g/mol. The molecule has 0 amide bonds. The molecule has 0 aliphatic carbocycles. The van der Waals surface area contributed by atoms with Gasteiger partial charge in [-0.15, -0.1) is 24.4 Å². The molecule has 10 nitrogen and oxygen atoms in total. The minimum absolute atomic E-state index is 0.0197. The Morgan fingerprint density at radius 2 is 2.04 bits per heavy atom. The lowest BCUT2D eigenvalue weighted by molar-refractivity contribution is -0.222. The number of hydrogen-bond acceptors (Lipinski definition) is 11. The van der Waals surface area contributed by atoms with Crippen LogP contribution in [0.15, 0.2) is 16.6 Å². The zero-order valence-electron chi connectivity index (χ0n) is 13.2. The number of rotatable bonds is 8. The average Bonchev–Trinajstić information content (AvgIpc) is 2.54. The van der Waals surface area contributed by atoms with E-state index < -0.39 is 46.4 Å². The van der Waals surface area contributed by atoms with E-state index in [0.717, 1.165) is 0 Å². The molecule has 0 bridgehead atoms. The Bertz CT molecular complexity index is 595. The summed E-state index contributed by atoms with van der Waals surface area (Å²) in [6.45, 7) is -0.702. The molecule has 5 atom stereocenters. The van der Waals surface area contributed by atoms with Gasteiger partial charge in [0.1, 0.15) is 30.1 Å². The number of ether oxygens (including phenoxy) is 1. The molecule has 1 saturated heterocycles. The second kappa shape index (κ2) is 9.53. The first-order chi connectivity index (χ1) is 11.6. The fraction of sp³-hybridized carbons (Fsp3) is 0.750. The summed E-state index contributed by atoms with van der Waals surface area (Å²) in [5, 5.41) is 44.2. The van der Waals surface area contributed by atoms with Crippen molar-refractivity contribution in [2.24, 2.45) is 5.16 Å². The highest BCUT2D eigenvalue weighted by molar-refractivity contribution is 8.01. The third kappa shape index (κ3) is 6.08. The van der Waals surface area contributed by atoms with Crippen LogP contribution < -0.4 is 0 Å². The molecule has 13 heteroatoms. The lowest BCUT2D eigenvalue weighted by Gasteiger charge is -2.46. The molecule has 0 aromatic carbocycles. The van der Waals surface area contributed by atoms with Gasteiger partial charge < -0.3 is 25.2 Å². The number of aliphatic hydroxyl groups is 4. The number of allylic oxidation sites excluding steroid dienone is 1. The first-order valence-electron chi connectivity index (χ1n) is 7.03. The van der Waals surface area contributed by atoms with Gasteiger partial charge in [0.2, 0.25) is 0 Å². The molecule has 0 spiro atoms. The normalized spacial score (nSPS) is 34.4. The topological polar surface area (TPSA) is 166 Å². The minimum atomic E-state index is -4.92. The summed E-state index contributed by atoms with van der Waals surface area (Å²) in [6, 6.07) is 0. The van der Waals surface area contributed by atoms with E-state index in [-0.39, 0.29) is 12.1 Å².